The van der Waals surface area contributed by atoms with E-state index in [9.17, 15) is 5.26 Å². The summed E-state index contributed by atoms with van der Waals surface area (Å²) in [5.74, 6) is 1.37. The minimum absolute atomic E-state index is 0.141. The summed E-state index contributed by atoms with van der Waals surface area (Å²) < 4.78 is 3.96. The number of hydrogen-bond acceptors (Lipinski definition) is 6. The number of anilines is 1. The van der Waals surface area contributed by atoms with E-state index in [2.05, 4.69) is 57.3 Å². The number of hydrogen-bond donors (Lipinski definition) is 0. The van der Waals surface area contributed by atoms with E-state index in [-0.39, 0.29) is 6.04 Å². The van der Waals surface area contributed by atoms with Crippen LogP contribution in [0.1, 0.15) is 25.3 Å². The van der Waals surface area contributed by atoms with Crippen LogP contribution in [-0.2, 0) is 0 Å². The Hall–Kier alpha value is -3.70. The zero-order chi connectivity index (χ0) is 23.1. The van der Waals surface area contributed by atoms with Crippen molar-refractivity contribution in [2.45, 2.75) is 25.3 Å². The molecule has 1 atom stereocenters. The maximum atomic E-state index is 9.27. The SMILES string of the molecule is CN1CCN(c2ccc(-c3cc4nccn4c(-c4cnn(C(CC#N)C5CC5)c4)n3)cc2)CC1. The average molecular weight is 453 g/mol. The minimum Gasteiger partial charge on any atom is -0.369 e. The summed E-state index contributed by atoms with van der Waals surface area (Å²) in [5.41, 5.74) is 5.00. The second kappa shape index (κ2) is 8.58. The fourth-order valence-electron chi connectivity index (χ4n) is 4.87. The molecule has 1 aromatic carbocycles. The van der Waals surface area contributed by atoms with Crippen LogP contribution in [0.3, 0.4) is 0 Å². The number of nitriles is 1. The molecule has 34 heavy (non-hydrogen) atoms. The van der Waals surface area contributed by atoms with Crippen molar-refractivity contribution in [2.24, 2.45) is 5.92 Å². The van der Waals surface area contributed by atoms with E-state index in [0.717, 1.165) is 54.5 Å². The standard InChI is InChI=1S/C26H28N8/c1-31-12-14-32(15-13-31)22-6-4-19(5-7-22)23-16-25-28-10-11-33(25)26(30-23)21-17-29-34(18-21)24(8-9-27)20-2-3-20/h4-7,10-11,16-18,20,24H,2-3,8,12-15H2,1H3. The molecule has 1 saturated heterocycles. The largest absolute Gasteiger partial charge is 0.369 e. The van der Waals surface area contributed by atoms with Gasteiger partial charge in [-0.2, -0.15) is 10.4 Å². The van der Waals surface area contributed by atoms with E-state index in [1.807, 2.05) is 33.7 Å². The number of benzene rings is 1. The summed E-state index contributed by atoms with van der Waals surface area (Å²) in [6, 6.07) is 13.2. The van der Waals surface area contributed by atoms with E-state index in [4.69, 9.17) is 4.98 Å². The summed E-state index contributed by atoms with van der Waals surface area (Å²) in [4.78, 5) is 14.4. The Morgan fingerprint density at radius 1 is 1.09 bits per heavy atom. The van der Waals surface area contributed by atoms with Crippen molar-refractivity contribution in [2.75, 3.05) is 38.1 Å². The molecule has 1 saturated carbocycles. The molecule has 172 valence electrons. The number of likely N-dealkylation sites (N-methyl/N-ethyl adjacent to an activating group) is 1. The van der Waals surface area contributed by atoms with Gasteiger partial charge >= 0.3 is 0 Å². The van der Waals surface area contributed by atoms with Gasteiger partial charge in [-0.05, 0) is 37.9 Å². The molecule has 0 spiro atoms. The average Bonchev–Trinajstić information content (AvgIpc) is 3.38. The van der Waals surface area contributed by atoms with E-state index in [1.54, 1.807) is 6.20 Å². The first-order chi connectivity index (χ1) is 16.7. The first-order valence-corrected chi connectivity index (χ1v) is 12.0. The lowest BCUT2D eigenvalue weighted by Crippen LogP contribution is -2.44. The molecule has 0 N–H and O–H groups in total. The van der Waals surface area contributed by atoms with Gasteiger partial charge in [0.2, 0.25) is 0 Å². The third kappa shape index (κ3) is 3.93. The maximum Gasteiger partial charge on any atom is 0.149 e. The van der Waals surface area contributed by atoms with Crippen LogP contribution in [0.25, 0.3) is 28.3 Å². The van der Waals surface area contributed by atoms with Crippen molar-refractivity contribution in [3.63, 3.8) is 0 Å². The van der Waals surface area contributed by atoms with Crippen LogP contribution in [0.4, 0.5) is 5.69 Å². The Labute approximate surface area is 199 Å². The summed E-state index contributed by atoms with van der Waals surface area (Å²) in [6.07, 6.45) is 10.4. The van der Waals surface area contributed by atoms with Crippen molar-refractivity contribution in [3.8, 4) is 28.7 Å². The van der Waals surface area contributed by atoms with Crippen LogP contribution >= 0.6 is 0 Å². The highest BCUT2D eigenvalue weighted by molar-refractivity contribution is 5.70. The zero-order valence-corrected chi connectivity index (χ0v) is 19.4. The maximum absolute atomic E-state index is 9.27. The van der Waals surface area contributed by atoms with Gasteiger partial charge in [0.15, 0.2) is 0 Å². The van der Waals surface area contributed by atoms with Gasteiger partial charge < -0.3 is 9.80 Å². The number of piperazine rings is 1. The van der Waals surface area contributed by atoms with Crippen LogP contribution in [0, 0.1) is 17.2 Å². The Morgan fingerprint density at radius 3 is 2.62 bits per heavy atom. The molecule has 2 aliphatic rings. The molecule has 8 nitrogen and oxygen atoms in total. The lowest BCUT2D eigenvalue weighted by atomic mass is 10.1. The molecule has 2 fully saturated rings. The topological polar surface area (TPSA) is 78.3 Å². The molecule has 0 bridgehead atoms. The van der Waals surface area contributed by atoms with Gasteiger partial charge in [0, 0.05) is 62.1 Å². The van der Waals surface area contributed by atoms with Gasteiger partial charge in [-0.15, -0.1) is 0 Å². The van der Waals surface area contributed by atoms with E-state index < -0.39 is 0 Å². The Balaban J connectivity index is 1.32. The van der Waals surface area contributed by atoms with Gasteiger partial charge in [-0.1, -0.05) is 12.1 Å². The molecule has 0 radical (unpaired) electrons. The van der Waals surface area contributed by atoms with Gasteiger partial charge in [0.1, 0.15) is 11.5 Å². The fraction of sp³-hybridized carbons (Fsp3) is 0.385. The number of rotatable bonds is 6. The van der Waals surface area contributed by atoms with E-state index in [0.29, 0.717) is 12.3 Å². The monoisotopic (exact) mass is 452 g/mol. The molecular formula is C26H28N8. The normalized spacial score (nSPS) is 17.7. The Morgan fingerprint density at radius 2 is 1.88 bits per heavy atom. The minimum atomic E-state index is 0.141. The van der Waals surface area contributed by atoms with E-state index >= 15 is 0 Å². The molecule has 3 aromatic heterocycles. The summed E-state index contributed by atoms with van der Waals surface area (Å²) >= 11 is 0. The Kier molecular flexibility index (Phi) is 5.27. The van der Waals surface area contributed by atoms with Crippen LogP contribution in [0.5, 0.6) is 0 Å². The molecular weight excluding hydrogens is 424 g/mol. The van der Waals surface area contributed by atoms with E-state index in [1.165, 1.54) is 18.5 Å². The summed E-state index contributed by atoms with van der Waals surface area (Å²) in [5, 5.41) is 13.9. The van der Waals surface area contributed by atoms with Crippen molar-refractivity contribution in [3.05, 3.63) is 55.1 Å². The molecule has 4 aromatic rings. The third-order valence-corrected chi connectivity index (χ3v) is 7.09. The van der Waals surface area contributed by atoms with Crippen LogP contribution in [0.2, 0.25) is 0 Å². The van der Waals surface area contributed by atoms with Gasteiger partial charge in [-0.3, -0.25) is 9.08 Å². The second-order valence-corrected chi connectivity index (χ2v) is 9.43. The molecule has 6 rings (SSSR count). The number of imidazole rings is 1. The van der Waals surface area contributed by atoms with Crippen molar-refractivity contribution in [1.29, 1.82) is 5.26 Å². The Bertz CT molecular complexity index is 1330. The molecule has 8 heteroatoms. The van der Waals surface area contributed by atoms with Crippen molar-refractivity contribution >= 4 is 11.3 Å². The van der Waals surface area contributed by atoms with Crippen LogP contribution in [0.15, 0.2) is 55.1 Å². The highest BCUT2D eigenvalue weighted by atomic mass is 15.3. The quantitative estimate of drug-likeness (QED) is 0.442. The van der Waals surface area contributed by atoms with Crippen molar-refractivity contribution in [1.82, 2.24) is 29.0 Å². The number of fused-ring (bicyclic) bond motifs is 1. The van der Waals surface area contributed by atoms with Crippen LogP contribution < -0.4 is 4.90 Å². The van der Waals surface area contributed by atoms with Gasteiger partial charge in [0.25, 0.3) is 0 Å². The van der Waals surface area contributed by atoms with Crippen LogP contribution in [-0.4, -0.2) is 62.3 Å². The molecule has 1 aliphatic heterocycles. The predicted octanol–water partition coefficient (Wildman–Crippen LogP) is 3.88. The smallest absolute Gasteiger partial charge is 0.149 e. The molecule has 4 heterocycles. The molecule has 1 aliphatic carbocycles. The third-order valence-electron chi connectivity index (χ3n) is 7.09. The first-order valence-electron chi connectivity index (χ1n) is 12.0. The fourth-order valence-corrected chi connectivity index (χ4v) is 4.87. The lowest BCUT2D eigenvalue weighted by Gasteiger charge is -2.34. The summed E-state index contributed by atoms with van der Waals surface area (Å²) in [6.45, 7) is 4.28. The highest BCUT2D eigenvalue weighted by Gasteiger charge is 2.33. The highest BCUT2D eigenvalue weighted by Crippen LogP contribution is 2.41. The first kappa shape index (κ1) is 20.9. The predicted molar refractivity (Wildman–Crippen MR) is 131 cm³/mol. The van der Waals surface area contributed by atoms with Crippen molar-refractivity contribution < 1.29 is 0 Å². The molecule has 1 unspecified atom stereocenters. The summed E-state index contributed by atoms with van der Waals surface area (Å²) in [7, 11) is 2.18. The lowest BCUT2D eigenvalue weighted by molar-refractivity contribution is 0.313. The van der Waals surface area contributed by atoms with Gasteiger partial charge in [-0.25, -0.2) is 9.97 Å². The van der Waals surface area contributed by atoms with Gasteiger partial charge in [0.05, 0.1) is 36.0 Å². The molecule has 0 amide bonds. The second-order valence-electron chi connectivity index (χ2n) is 9.43. The number of nitrogens with zero attached hydrogens (tertiary/aromatic N) is 8. The number of aromatic nitrogens is 5. The zero-order valence-electron chi connectivity index (χ0n) is 19.4.